The first-order chi connectivity index (χ1) is 8.60. The van der Waals surface area contributed by atoms with Crippen molar-refractivity contribution in [3.05, 3.63) is 11.9 Å². The summed E-state index contributed by atoms with van der Waals surface area (Å²) in [7, 11) is 0. The van der Waals surface area contributed by atoms with Gasteiger partial charge in [-0.3, -0.25) is 0 Å². The summed E-state index contributed by atoms with van der Waals surface area (Å²) >= 11 is 0. The van der Waals surface area contributed by atoms with Gasteiger partial charge in [-0.1, -0.05) is 0 Å². The molecule has 1 unspecified atom stereocenters. The Kier molecular flexibility index (Phi) is 5.37. The molecule has 0 saturated heterocycles. The second-order valence-corrected chi connectivity index (χ2v) is 4.26. The molecule has 0 aromatic carbocycles. The number of anilines is 2. The van der Waals surface area contributed by atoms with Crippen LogP contribution in [0.5, 0.6) is 0 Å². The first kappa shape index (κ1) is 14.2. The zero-order valence-electron chi connectivity index (χ0n) is 11.6. The van der Waals surface area contributed by atoms with Crippen LogP contribution in [0.4, 0.5) is 11.6 Å². The predicted octanol–water partition coefficient (Wildman–Crippen LogP) is 2.20. The standard InChI is InChI=1S/C13H21N5/c1-5-15-12-7-13(17-11(4)16-12)18(6-2)9-10(3)8-14/h7,10H,5-6,9H2,1-4H3,(H,15,16,17). The molecule has 0 radical (unpaired) electrons. The van der Waals surface area contributed by atoms with Crippen molar-refractivity contribution in [1.29, 1.82) is 5.26 Å². The van der Waals surface area contributed by atoms with E-state index in [9.17, 15) is 0 Å². The molecule has 0 saturated carbocycles. The minimum atomic E-state index is -0.0113. The molecule has 1 aromatic rings. The molecule has 0 spiro atoms. The third-order valence-corrected chi connectivity index (χ3v) is 2.60. The van der Waals surface area contributed by atoms with Gasteiger partial charge in [-0.25, -0.2) is 9.97 Å². The topological polar surface area (TPSA) is 64.8 Å². The van der Waals surface area contributed by atoms with Crippen LogP contribution in [0.2, 0.25) is 0 Å². The Bertz CT molecular complexity index is 424. The van der Waals surface area contributed by atoms with Gasteiger partial charge in [-0.15, -0.1) is 0 Å². The number of aryl methyl sites for hydroxylation is 1. The van der Waals surface area contributed by atoms with Crippen molar-refractivity contribution in [3.63, 3.8) is 0 Å². The van der Waals surface area contributed by atoms with Crippen LogP contribution in [0.3, 0.4) is 0 Å². The van der Waals surface area contributed by atoms with Gasteiger partial charge >= 0.3 is 0 Å². The summed E-state index contributed by atoms with van der Waals surface area (Å²) < 4.78 is 0. The Morgan fingerprint density at radius 2 is 2.17 bits per heavy atom. The lowest BCUT2D eigenvalue weighted by Crippen LogP contribution is -2.29. The molecule has 5 nitrogen and oxygen atoms in total. The molecule has 1 aromatic heterocycles. The van der Waals surface area contributed by atoms with Gasteiger partial charge in [0.1, 0.15) is 17.5 Å². The maximum Gasteiger partial charge on any atom is 0.134 e. The maximum absolute atomic E-state index is 8.90. The van der Waals surface area contributed by atoms with Gasteiger partial charge in [0, 0.05) is 25.7 Å². The highest BCUT2D eigenvalue weighted by molar-refractivity contribution is 5.49. The second kappa shape index (κ2) is 6.80. The van der Waals surface area contributed by atoms with Crippen molar-refractivity contribution in [2.24, 2.45) is 5.92 Å². The molecule has 0 aliphatic carbocycles. The summed E-state index contributed by atoms with van der Waals surface area (Å²) in [5.41, 5.74) is 0. The van der Waals surface area contributed by atoms with Gasteiger partial charge in [0.25, 0.3) is 0 Å². The minimum absolute atomic E-state index is 0.0113. The monoisotopic (exact) mass is 247 g/mol. The van der Waals surface area contributed by atoms with E-state index in [1.54, 1.807) is 0 Å². The first-order valence-corrected chi connectivity index (χ1v) is 6.34. The van der Waals surface area contributed by atoms with Crippen LogP contribution >= 0.6 is 0 Å². The molecule has 1 heterocycles. The van der Waals surface area contributed by atoms with E-state index in [0.29, 0.717) is 6.54 Å². The molecule has 0 aliphatic heterocycles. The van der Waals surface area contributed by atoms with Crippen LogP contribution < -0.4 is 10.2 Å². The molecule has 1 rings (SSSR count). The normalized spacial score (nSPS) is 11.7. The lowest BCUT2D eigenvalue weighted by atomic mass is 10.2. The van der Waals surface area contributed by atoms with Crippen molar-refractivity contribution >= 4 is 11.6 Å². The fourth-order valence-electron chi connectivity index (χ4n) is 1.74. The Balaban J connectivity index is 2.94. The molecule has 1 atom stereocenters. The van der Waals surface area contributed by atoms with E-state index >= 15 is 0 Å². The van der Waals surface area contributed by atoms with Crippen molar-refractivity contribution < 1.29 is 0 Å². The van der Waals surface area contributed by atoms with Crippen LogP contribution in [0.15, 0.2) is 6.07 Å². The second-order valence-electron chi connectivity index (χ2n) is 4.26. The van der Waals surface area contributed by atoms with Gasteiger partial charge in [0.2, 0.25) is 0 Å². The summed E-state index contributed by atoms with van der Waals surface area (Å²) in [6, 6.07) is 4.19. The average Bonchev–Trinajstić information content (AvgIpc) is 2.35. The fourth-order valence-corrected chi connectivity index (χ4v) is 1.74. The summed E-state index contributed by atoms with van der Waals surface area (Å²) in [6.07, 6.45) is 0. The van der Waals surface area contributed by atoms with Gasteiger partial charge in [-0.2, -0.15) is 5.26 Å². The Morgan fingerprint density at radius 1 is 1.44 bits per heavy atom. The van der Waals surface area contributed by atoms with Crippen molar-refractivity contribution in [1.82, 2.24) is 9.97 Å². The number of hydrogen-bond acceptors (Lipinski definition) is 5. The van der Waals surface area contributed by atoms with Gasteiger partial charge in [-0.05, 0) is 27.7 Å². The average molecular weight is 247 g/mol. The van der Waals surface area contributed by atoms with E-state index in [0.717, 1.165) is 30.5 Å². The zero-order valence-corrected chi connectivity index (χ0v) is 11.6. The largest absolute Gasteiger partial charge is 0.370 e. The van der Waals surface area contributed by atoms with E-state index in [-0.39, 0.29) is 5.92 Å². The highest BCUT2D eigenvalue weighted by Crippen LogP contribution is 2.16. The molecular weight excluding hydrogens is 226 g/mol. The summed E-state index contributed by atoms with van der Waals surface area (Å²) in [5, 5.41) is 12.1. The highest BCUT2D eigenvalue weighted by Gasteiger charge is 2.12. The fraction of sp³-hybridized carbons (Fsp3) is 0.615. The Labute approximate surface area is 109 Å². The summed E-state index contributed by atoms with van der Waals surface area (Å²) in [5.74, 6) is 2.44. The smallest absolute Gasteiger partial charge is 0.134 e. The lowest BCUT2D eigenvalue weighted by Gasteiger charge is -2.23. The molecule has 98 valence electrons. The SMILES string of the molecule is CCNc1cc(N(CC)CC(C)C#N)nc(C)n1. The van der Waals surface area contributed by atoms with Gasteiger partial charge < -0.3 is 10.2 Å². The molecule has 1 N–H and O–H groups in total. The third kappa shape index (κ3) is 3.88. The van der Waals surface area contributed by atoms with Crippen LogP contribution in [0.25, 0.3) is 0 Å². The number of nitriles is 1. The Morgan fingerprint density at radius 3 is 2.72 bits per heavy atom. The van der Waals surface area contributed by atoms with Gasteiger partial charge in [0.15, 0.2) is 0 Å². The molecule has 0 amide bonds. The molecule has 0 bridgehead atoms. The molecule has 0 aliphatic rings. The summed E-state index contributed by atoms with van der Waals surface area (Å²) in [6.45, 7) is 10.2. The van der Waals surface area contributed by atoms with Crippen LogP contribution in [0.1, 0.15) is 26.6 Å². The highest BCUT2D eigenvalue weighted by atomic mass is 15.2. The minimum Gasteiger partial charge on any atom is -0.370 e. The maximum atomic E-state index is 8.90. The van der Waals surface area contributed by atoms with Crippen LogP contribution in [-0.4, -0.2) is 29.6 Å². The quantitative estimate of drug-likeness (QED) is 0.835. The van der Waals surface area contributed by atoms with E-state index in [4.69, 9.17) is 5.26 Å². The van der Waals surface area contributed by atoms with E-state index < -0.39 is 0 Å². The lowest BCUT2D eigenvalue weighted by molar-refractivity contribution is 0.677. The number of hydrogen-bond donors (Lipinski definition) is 1. The van der Waals surface area contributed by atoms with Crippen LogP contribution in [0, 0.1) is 24.2 Å². The number of nitrogens with zero attached hydrogens (tertiary/aromatic N) is 4. The van der Waals surface area contributed by atoms with Crippen molar-refractivity contribution in [2.75, 3.05) is 29.9 Å². The van der Waals surface area contributed by atoms with Crippen LogP contribution in [-0.2, 0) is 0 Å². The first-order valence-electron chi connectivity index (χ1n) is 6.34. The predicted molar refractivity (Wildman–Crippen MR) is 73.6 cm³/mol. The van der Waals surface area contributed by atoms with Crippen molar-refractivity contribution in [3.8, 4) is 6.07 Å². The number of nitrogens with one attached hydrogen (secondary N) is 1. The number of rotatable bonds is 6. The molecule has 0 fully saturated rings. The molecule has 18 heavy (non-hydrogen) atoms. The van der Waals surface area contributed by atoms with Crippen molar-refractivity contribution in [2.45, 2.75) is 27.7 Å². The Hall–Kier alpha value is -1.83. The number of aromatic nitrogens is 2. The third-order valence-electron chi connectivity index (χ3n) is 2.60. The zero-order chi connectivity index (χ0) is 13.5. The molecule has 5 heteroatoms. The summed E-state index contributed by atoms with van der Waals surface area (Å²) in [4.78, 5) is 10.9. The van der Waals surface area contributed by atoms with Gasteiger partial charge in [0.05, 0.1) is 12.0 Å². The van der Waals surface area contributed by atoms with E-state index in [1.807, 2.05) is 26.8 Å². The van der Waals surface area contributed by atoms with E-state index in [2.05, 4.69) is 33.2 Å². The molecular formula is C13H21N5. The van der Waals surface area contributed by atoms with E-state index in [1.165, 1.54) is 0 Å².